The summed E-state index contributed by atoms with van der Waals surface area (Å²) >= 11 is 0. The van der Waals surface area contributed by atoms with Crippen molar-refractivity contribution in [3.63, 3.8) is 0 Å². The Morgan fingerprint density at radius 3 is 1.88 bits per heavy atom. The van der Waals surface area contributed by atoms with Crippen LogP contribution in [0, 0.1) is 0 Å². The average Bonchev–Trinajstić information content (AvgIpc) is 1.64. The molecule has 0 atom stereocenters. The molecule has 8 heavy (non-hydrogen) atoms. The summed E-state index contributed by atoms with van der Waals surface area (Å²) in [5, 5.41) is 0. The van der Waals surface area contributed by atoms with Crippen LogP contribution in [0.2, 0.25) is 0 Å². The minimum Gasteiger partial charge on any atom is -0.241 e. The van der Waals surface area contributed by atoms with Gasteiger partial charge in [0.1, 0.15) is 6.33 Å². The third kappa shape index (κ3) is 1.05. The van der Waals surface area contributed by atoms with Crippen LogP contribution >= 0.6 is 0 Å². The van der Waals surface area contributed by atoms with Crippen molar-refractivity contribution in [3.8, 4) is 0 Å². The molecule has 0 aliphatic rings. The third-order valence-electron chi connectivity index (χ3n) is 0.813. The molecule has 0 aliphatic heterocycles. The van der Waals surface area contributed by atoms with Gasteiger partial charge in [-0.1, -0.05) is 0 Å². The van der Waals surface area contributed by atoms with E-state index >= 15 is 0 Å². The van der Waals surface area contributed by atoms with Crippen LogP contribution in [-0.2, 0) is 0 Å². The number of rotatable bonds is 0. The van der Waals surface area contributed by atoms with Crippen molar-refractivity contribution in [2.24, 2.45) is 0 Å². The second kappa shape index (κ2) is 1.94. The molecule has 3 nitrogen and oxygen atoms in total. The van der Waals surface area contributed by atoms with Crippen molar-refractivity contribution >= 4 is 27.1 Å². The molecule has 0 fully saturated rings. The molecule has 0 aromatic carbocycles. The Kier molecular flexibility index (Phi) is 1.28. The fourth-order valence-electron chi connectivity index (χ4n) is 0.488. The van der Waals surface area contributed by atoms with Crippen LogP contribution < -0.4 is 11.4 Å². The molecule has 0 bridgehead atoms. The molecule has 0 spiro atoms. The summed E-state index contributed by atoms with van der Waals surface area (Å²) in [6.07, 6.45) is 1.51. The fraction of sp³-hybridized carbons (Fsp3) is 0. The van der Waals surface area contributed by atoms with Crippen LogP contribution in [-0.4, -0.2) is 30.6 Å². The fourth-order valence-corrected chi connectivity index (χ4v) is 0.488. The van der Waals surface area contributed by atoms with E-state index in [9.17, 15) is 0 Å². The summed E-state index contributed by atoms with van der Waals surface area (Å²) < 4.78 is 0. The zero-order valence-electron chi connectivity index (χ0n) is 4.92. The SMILES string of the molecule is Bc1ncnc(B)n1. The van der Waals surface area contributed by atoms with Crippen LogP contribution in [0.4, 0.5) is 0 Å². The molecule has 0 amide bonds. The first-order chi connectivity index (χ1) is 3.79. The number of hydrogen-bond donors (Lipinski definition) is 0. The Bertz CT molecular complexity index is 172. The van der Waals surface area contributed by atoms with Gasteiger partial charge in [0, 0.05) is 0 Å². The van der Waals surface area contributed by atoms with Gasteiger partial charge in [-0.05, 0) is 0 Å². The maximum atomic E-state index is 3.95. The lowest BCUT2D eigenvalue weighted by Crippen LogP contribution is -2.25. The highest BCUT2D eigenvalue weighted by atomic mass is 15.0. The van der Waals surface area contributed by atoms with E-state index in [0.717, 1.165) is 11.4 Å². The molecule has 0 N–H and O–H groups in total. The zero-order valence-corrected chi connectivity index (χ0v) is 4.92. The van der Waals surface area contributed by atoms with Crippen LogP contribution in [0.3, 0.4) is 0 Å². The van der Waals surface area contributed by atoms with Gasteiger partial charge in [-0.15, -0.1) is 0 Å². The Labute approximate surface area is 49.4 Å². The smallest absolute Gasteiger partial charge is 0.189 e. The van der Waals surface area contributed by atoms with E-state index in [-0.39, 0.29) is 0 Å². The molecule has 1 rings (SSSR count). The molecule has 0 radical (unpaired) electrons. The average molecular weight is 105 g/mol. The number of hydrogen-bond acceptors (Lipinski definition) is 3. The van der Waals surface area contributed by atoms with E-state index in [1.807, 2.05) is 15.7 Å². The molecule has 1 aromatic heterocycles. The summed E-state index contributed by atoms with van der Waals surface area (Å²) in [6.45, 7) is 0. The van der Waals surface area contributed by atoms with Crippen molar-refractivity contribution in [1.82, 2.24) is 15.0 Å². The van der Waals surface area contributed by atoms with Crippen LogP contribution in [0.1, 0.15) is 0 Å². The molecule has 38 valence electrons. The number of nitrogens with zero attached hydrogens (tertiary/aromatic N) is 3. The van der Waals surface area contributed by atoms with Gasteiger partial charge in [-0.25, -0.2) is 15.0 Å². The van der Waals surface area contributed by atoms with Crippen molar-refractivity contribution in [2.75, 3.05) is 0 Å². The molecule has 5 heteroatoms. The molecule has 1 aromatic rings. The third-order valence-corrected chi connectivity index (χ3v) is 0.813. The summed E-state index contributed by atoms with van der Waals surface area (Å²) in [6, 6.07) is 0. The molecule has 0 saturated carbocycles. The lowest BCUT2D eigenvalue weighted by molar-refractivity contribution is 1.14. The van der Waals surface area contributed by atoms with Gasteiger partial charge in [-0.3, -0.25) is 0 Å². The van der Waals surface area contributed by atoms with Crippen LogP contribution in [0.5, 0.6) is 0 Å². The first-order valence-electron chi connectivity index (χ1n) is 2.41. The Morgan fingerprint density at radius 1 is 1.12 bits per heavy atom. The van der Waals surface area contributed by atoms with Gasteiger partial charge in [-0.2, -0.15) is 0 Å². The van der Waals surface area contributed by atoms with Gasteiger partial charge < -0.3 is 0 Å². The second-order valence-corrected chi connectivity index (χ2v) is 1.58. The standard InChI is InChI=1S/C3H5B2N3/c4-2-6-1-7-3(5)8-2/h1H,4-5H2. The summed E-state index contributed by atoms with van der Waals surface area (Å²) in [7, 11) is 3.68. The lowest BCUT2D eigenvalue weighted by atomic mass is 10.1. The van der Waals surface area contributed by atoms with E-state index in [0.29, 0.717) is 0 Å². The summed E-state index contributed by atoms with van der Waals surface area (Å²) in [5.41, 5.74) is 1.55. The summed E-state index contributed by atoms with van der Waals surface area (Å²) in [4.78, 5) is 11.6. The topological polar surface area (TPSA) is 38.7 Å². The Hall–Kier alpha value is -0.860. The van der Waals surface area contributed by atoms with E-state index in [2.05, 4.69) is 15.0 Å². The highest BCUT2D eigenvalue weighted by molar-refractivity contribution is 6.32. The molecular weight excluding hydrogens is 99.7 g/mol. The zero-order chi connectivity index (χ0) is 5.98. The van der Waals surface area contributed by atoms with Crippen molar-refractivity contribution in [1.29, 1.82) is 0 Å². The van der Waals surface area contributed by atoms with Gasteiger partial charge >= 0.3 is 0 Å². The van der Waals surface area contributed by atoms with E-state index in [1.54, 1.807) is 0 Å². The van der Waals surface area contributed by atoms with Gasteiger partial charge in [0.25, 0.3) is 0 Å². The maximum Gasteiger partial charge on any atom is 0.189 e. The van der Waals surface area contributed by atoms with Crippen molar-refractivity contribution in [3.05, 3.63) is 6.33 Å². The molecule has 0 unspecified atom stereocenters. The minimum absolute atomic E-state index is 0.775. The maximum absolute atomic E-state index is 3.95. The quantitative estimate of drug-likeness (QED) is 0.319. The molecule has 0 aliphatic carbocycles. The molecular formula is C3H5B2N3. The predicted octanol–water partition coefficient (Wildman–Crippen LogP) is -3.61. The minimum atomic E-state index is 0.775. The Morgan fingerprint density at radius 2 is 1.62 bits per heavy atom. The Balaban J connectivity index is 3.08. The van der Waals surface area contributed by atoms with E-state index in [1.165, 1.54) is 6.33 Å². The highest BCUT2D eigenvalue weighted by Gasteiger charge is 1.84. The highest BCUT2D eigenvalue weighted by Crippen LogP contribution is 1.51. The molecule has 1 heterocycles. The van der Waals surface area contributed by atoms with Crippen LogP contribution in [0.25, 0.3) is 0 Å². The van der Waals surface area contributed by atoms with E-state index < -0.39 is 0 Å². The largest absolute Gasteiger partial charge is 0.241 e. The lowest BCUT2D eigenvalue weighted by Gasteiger charge is -1.88. The van der Waals surface area contributed by atoms with Crippen molar-refractivity contribution < 1.29 is 0 Å². The van der Waals surface area contributed by atoms with Gasteiger partial charge in [0.2, 0.25) is 0 Å². The van der Waals surface area contributed by atoms with Crippen molar-refractivity contribution in [2.45, 2.75) is 0 Å². The molecule has 0 saturated heterocycles. The van der Waals surface area contributed by atoms with Crippen LogP contribution in [0.15, 0.2) is 6.33 Å². The summed E-state index contributed by atoms with van der Waals surface area (Å²) in [5.74, 6) is 0. The van der Waals surface area contributed by atoms with E-state index in [4.69, 9.17) is 0 Å². The normalized spacial score (nSPS) is 9.00. The first-order valence-corrected chi connectivity index (χ1v) is 2.41. The monoisotopic (exact) mass is 105 g/mol. The van der Waals surface area contributed by atoms with Gasteiger partial charge in [0.15, 0.2) is 15.7 Å². The van der Waals surface area contributed by atoms with Gasteiger partial charge in [0.05, 0.1) is 11.4 Å². The number of aromatic nitrogens is 3. The predicted molar refractivity (Wildman–Crippen MR) is 36.2 cm³/mol. The first kappa shape index (κ1) is 5.28. The second-order valence-electron chi connectivity index (χ2n) is 1.58.